The van der Waals surface area contributed by atoms with Crippen LogP contribution in [0.25, 0.3) is 0 Å². The van der Waals surface area contributed by atoms with Crippen molar-refractivity contribution in [2.45, 2.75) is 212 Å². The summed E-state index contributed by atoms with van der Waals surface area (Å²) < 4.78 is 16.4. The molecule has 1 heterocycles. The van der Waals surface area contributed by atoms with Gasteiger partial charge in [0.25, 0.3) is 0 Å². The number of unbranched alkanes of at least 4 members (excludes halogenated alkanes) is 17. The standard InChI is InChI=1S/C44H78O6/c1-4-5-6-7-8-9-10-17-20-23-26-29-33-41-42(50-41)34-31-36-43(46)48-38-40(37-45)49-44(47)35-30-27-24-21-18-15-13-11-12-14-16-19-22-25-28-32-39(2)3/h8-9,17,20,26,29,39-42,45H,4-7,10-16,18-19,21-25,27-28,30-38H2,1-3H3/b9-8-,20-17-,29-26-/t40-,41?,42?/m0/s1. The Labute approximate surface area is 308 Å². The van der Waals surface area contributed by atoms with E-state index in [2.05, 4.69) is 57.2 Å². The Balaban J connectivity index is 1.91. The van der Waals surface area contributed by atoms with E-state index in [0.29, 0.717) is 19.3 Å². The first-order chi connectivity index (χ1) is 24.5. The van der Waals surface area contributed by atoms with Gasteiger partial charge in [0.05, 0.1) is 18.8 Å². The SMILES string of the molecule is CCCCC/C=C\C/C=C\C/C=C\CC1OC1CCCC(=O)OC[C@H](CO)OC(=O)CCCCCCCCCCCCCCCCCC(C)C. The summed E-state index contributed by atoms with van der Waals surface area (Å²) in [6.07, 6.45) is 43.7. The highest BCUT2D eigenvalue weighted by Crippen LogP contribution is 2.30. The summed E-state index contributed by atoms with van der Waals surface area (Å²) in [6.45, 7) is 6.41. The lowest BCUT2D eigenvalue weighted by molar-refractivity contribution is -0.161. The summed E-state index contributed by atoms with van der Waals surface area (Å²) in [7, 11) is 0. The van der Waals surface area contributed by atoms with Gasteiger partial charge in [-0.2, -0.15) is 0 Å². The Morgan fingerprint density at radius 3 is 1.76 bits per heavy atom. The molecule has 1 saturated heterocycles. The van der Waals surface area contributed by atoms with Crippen molar-refractivity contribution in [1.82, 2.24) is 0 Å². The predicted molar refractivity (Wildman–Crippen MR) is 209 cm³/mol. The van der Waals surface area contributed by atoms with E-state index in [4.69, 9.17) is 14.2 Å². The summed E-state index contributed by atoms with van der Waals surface area (Å²) in [5.74, 6) is 0.188. The van der Waals surface area contributed by atoms with Gasteiger partial charge in [-0.15, -0.1) is 0 Å². The van der Waals surface area contributed by atoms with E-state index in [1.165, 1.54) is 109 Å². The Morgan fingerprint density at radius 1 is 0.640 bits per heavy atom. The van der Waals surface area contributed by atoms with Crippen LogP contribution in [0.15, 0.2) is 36.5 Å². The Hall–Kier alpha value is -1.92. The van der Waals surface area contributed by atoms with E-state index in [1.54, 1.807) is 0 Å². The first-order valence-corrected chi connectivity index (χ1v) is 21.0. The molecule has 0 saturated carbocycles. The van der Waals surface area contributed by atoms with E-state index < -0.39 is 6.10 Å². The lowest BCUT2D eigenvalue weighted by atomic mass is 10.0. The van der Waals surface area contributed by atoms with Crippen LogP contribution < -0.4 is 0 Å². The molecule has 0 amide bonds. The average molecular weight is 703 g/mol. The fourth-order valence-electron chi connectivity index (χ4n) is 6.24. The summed E-state index contributed by atoms with van der Waals surface area (Å²) in [4.78, 5) is 24.4. The molecule has 50 heavy (non-hydrogen) atoms. The van der Waals surface area contributed by atoms with Crippen molar-refractivity contribution < 1.29 is 28.9 Å². The zero-order chi connectivity index (χ0) is 36.3. The van der Waals surface area contributed by atoms with Crippen LogP contribution in [0.2, 0.25) is 0 Å². The Kier molecular flexibility index (Phi) is 31.5. The number of aliphatic hydroxyl groups is 1. The van der Waals surface area contributed by atoms with Crippen molar-refractivity contribution in [2.24, 2.45) is 5.92 Å². The molecule has 290 valence electrons. The van der Waals surface area contributed by atoms with Crippen molar-refractivity contribution >= 4 is 11.9 Å². The third-order valence-corrected chi connectivity index (χ3v) is 9.54. The van der Waals surface area contributed by atoms with E-state index in [1.807, 2.05) is 0 Å². The number of aliphatic hydroxyl groups excluding tert-OH is 1. The zero-order valence-corrected chi connectivity index (χ0v) is 32.8. The van der Waals surface area contributed by atoms with E-state index >= 15 is 0 Å². The summed E-state index contributed by atoms with van der Waals surface area (Å²) in [5, 5.41) is 9.59. The summed E-state index contributed by atoms with van der Waals surface area (Å²) in [6, 6.07) is 0. The first-order valence-electron chi connectivity index (χ1n) is 21.0. The molecule has 0 aromatic heterocycles. The molecular formula is C44H78O6. The maximum atomic E-state index is 12.2. The van der Waals surface area contributed by atoms with Gasteiger partial charge in [-0.3, -0.25) is 9.59 Å². The number of ether oxygens (including phenoxy) is 3. The Bertz CT molecular complexity index is 878. The molecule has 0 radical (unpaired) electrons. The first kappa shape index (κ1) is 46.1. The monoisotopic (exact) mass is 703 g/mol. The molecule has 0 bridgehead atoms. The molecule has 1 fully saturated rings. The maximum absolute atomic E-state index is 12.2. The topological polar surface area (TPSA) is 85.4 Å². The normalized spacial score (nSPS) is 16.7. The minimum Gasteiger partial charge on any atom is -0.462 e. The van der Waals surface area contributed by atoms with Gasteiger partial charge in [-0.1, -0.05) is 166 Å². The molecule has 0 spiro atoms. The second-order valence-electron chi connectivity index (χ2n) is 14.9. The van der Waals surface area contributed by atoms with E-state index in [0.717, 1.165) is 50.9 Å². The number of hydrogen-bond acceptors (Lipinski definition) is 6. The molecule has 0 aromatic carbocycles. The molecule has 0 aliphatic carbocycles. The average Bonchev–Trinajstić information content (AvgIpc) is 3.85. The van der Waals surface area contributed by atoms with Gasteiger partial charge in [-0.25, -0.2) is 0 Å². The van der Waals surface area contributed by atoms with Crippen molar-refractivity contribution in [3.05, 3.63) is 36.5 Å². The quantitative estimate of drug-likeness (QED) is 0.0303. The van der Waals surface area contributed by atoms with Crippen molar-refractivity contribution in [2.75, 3.05) is 13.2 Å². The number of carbonyl (C=O) groups is 2. The molecule has 1 rings (SSSR count). The maximum Gasteiger partial charge on any atom is 0.306 e. The van der Waals surface area contributed by atoms with Crippen LogP contribution in [-0.2, 0) is 23.8 Å². The summed E-state index contributed by atoms with van der Waals surface area (Å²) >= 11 is 0. The Morgan fingerprint density at radius 2 is 1.18 bits per heavy atom. The fourth-order valence-corrected chi connectivity index (χ4v) is 6.24. The van der Waals surface area contributed by atoms with Gasteiger partial charge in [-0.05, 0) is 57.3 Å². The van der Waals surface area contributed by atoms with E-state index in [-0.39, 0.29) is 37.4 Å². The lowest BCUT2D eigenvalue weighted by Crippen LogP contribution is -2.28. The fraction of sp³-hybridized carbons (Fsp3) is 0.818. The molecule has 6 heteroatoms. The van der Waals surface area contributed by atoms with Gasteiger partial charge in [0.2, 0.25) is 0 Å². The highest BCUT2D eigenvalue weighted by Gasteiger charge is 2.36. The van der Waals surface area contributed by atoms with Crippen LogP contribution in [0.1, 0.15) is 194 Å². The molecular weight excluding hydrogens is 624 g/mol. The molecule has 1 aliphatic heterocycles. The largest absolute Gasteiger partial charge is 0.462 e. The van der Waals surface area contributed by atoms with Gasteiger partial charge < -0.3 is 19.3 Å². The number of epoxide rings is 1. The highest BCUT2D eigenvalue weighted by atomic mass is 16.6. The van der Waals surface area contributed by atoms with Crippen LogP contribution in [0.3, 0.4) is 0 Å². The number of esters is 2. The molecule has 1 aliphatic rings. The molecule has 1 N–H and O–H groups in total. The molecule has 2 unspecified atom stereocenters. The highest BCUT2D eigenvalue weighted by molar-refractivity contribution is 5.70. The lowest BCUT2D eigenvalue weighted by Gasteiger charge is -2.15. The van der Waals surface area contributed by atoms with Gasteiger partial charge >= 0.3 is 11.9 Å². The van der Waals surface area contributed by atoms with Crippen LogP contribution in [0.4, 0.5) is 0 Å². The van der Waals surface area contributed by atoms with Crippen LogP contribution in [-0.4, -0.2) is 48.6 Å². The number of rotatable bonds is 36. The second-order valence-corrected chi connectivity index (χ2v) is 14.9. The third kappa shape index (κ3) is 30.9. The van der Waals surface area contributed by atoms with E-state index in [9.17, 15) is 14.7 Å². The smallest absolute Gasteiger partial charge is 0.306 e. The van der Waals surface area contributed by atoms with Gasteiger partial charge in [0.15, 0.2) is 6.10 Å². The van der Waals surface area contributed by atoms with Crippen molar-refractivity contribution in [3.8, 4) is 0 Å². The van der Waals surface area contributed by atoms with Gasteiger partial charge in [0, 0.05) is 12.8 Å². The predicted octanol–water partition coefficient (Wildman–Crippen LogP) is 12.1. The molecule has 6 nitrogen and oxygen atoms in total. The van der Waals surface area contributed by atoms with Gasteiger partial charge in [0.1, 0.15) is 6.61 Å². The van der Waals surface area contributed by atoms with Crippen molar-refractivity contribution in [3.63, 3.8) is 0 Å². The minimum absolute atomic E-state index is 0.101. The number of hydrogen-bond donors (Lipinski definition) is 1. The minimum atomic E-state index is -0.800. The number of allylic oxidation sites excluding steroid dienone is 5. The van der Waals surface area contributed by atoms with Crippen LogP contribution >= 0.6 is 0 Å². The van der Waals surface area contributed by atoms with Crippen LogP contribution in [0, 0.1) is 5.92 Å². The third-order valence-electron chi connectivity index (χ3n) is 9.54. The molecule has 0 aromatic rings. The zero-order valence-electron chi connectivity index (χ0n) is 32.8. The summed E-state index contributed by atoms with van der Waals surface area (Å²) in [5.41, 5.74) is 0. The second kappa shape index (κ2) is 34.2. The van der Waals surface area contributed by atoms with Crippen LogP contribution in [0.5, 0.6) is 0 Å². The number of carbonyl (C=O) groups excluding carboxylic acids is 2. The van der Waals surface area contributed by atoms with Crippen molar-refractivity contribution in [1.29, 1.82) is 0 Å². The molecule has 3 atom stereocenters.